The number of hydrogen-bond acceptors (Lipinski definition) is 2. The molecule has 1 aromatic rings. The fraction of sp³-hybridized carbons (Fsp3) is 0.611. The Morgan fingerprint density at radius 3 is 2.10 bits per heavy atom. The largest absolute Gasteiger partial charge is 0.366 e. The average molecular weight is 284 g/mol. The molecule has 0 aromatic heterocycles. The molecule has 4 bridgehead atoms. The molecule has 112 valence electrons. The highest BCUT2D eigenvalue weighted by molar-refractivity contribution is 5.92. The van der Waals surface area contributed by atoms with E-state index in [-0.39, 0.29) is 5.91 Å². The summed E-state index contributed by atoms with van der Waals surface area (Å²) in [5.41, 5.74) is 7.11. The van der Waals surface area contributed by atoms with Gasteiger partial charge in [-0.05, 0) is 73.5 Å². The molecule has 0 saturated heterocycles. The van der Waals surface area contributed by atoms with Gasteiger partial charge in [-0.1, -0.05) is 12.1 Å². The van der Waals surface area contributed by atoms with E-state index in [9.17, 15) is 4.79 Å². The van der Waals surface area contributed by atoms with Crippen LogP contribution in [0.25, 0.3) is 0 Å². The molecule has 0 aliphatic heterocycles. The number of carbonyl (C=O) groups excluding carboxylic acids is 1. The quantitative estimate of drug-likeness (QED) is 0.893. The fourth-order valence-electron chi connectivity index (χ4n) is 5.28. The first-order valence-corrected chi connectivity index (χ1v) is 8.31. The predicted molar refractivity (Wildman–Crippen MR) is 82.6 cm³/mol. The standard InChI is InChI=1S/C18H24N2O/c19-18(21)14-3-1-11(2-4-14)10-20-17-15-6-12-5-13(8-15)9-16(17)7-12/h1-4,12-13,15-17,20H,5-10H2,(H2,19,21). The van der Waals surface area contributed by atoms with E-state index in [1.54, 1.807) is 0 Å². The number of nitrogens with two attached hydrogens (primary N) is 1. The lowest BCUT2D eigenvalue weighted by atomic mass is 9.54. The van der Waals surface area contributed by atoms with Crippen LogP contribution in [0.4, 0.5) is 0 Å². The summed E-state index contributed by atoms with van der Waals surface area (Å²) in [4.78, 5) is 11.1. The Hall–Kier alpha value is -1.35. The second kappa shape index (κ2) is 5.13. The predicted octanol–water partition coefficient (Wildman–Crippen LogP) is 2.70. The van der Waals surface area contributed by atoms with E-state index in [1.807, 2.05) is 24.3 Å². The number of primary amides is 1. The van der Waals surface area contributed by atoms with Crippen LogP contribution >= 0.6 is 0 Å². The summed E-state index contributed by atoms with van der Waals surface area (Å²) in [7, 11) is 0. The van der Waals surface area contributed by atoms with Crippen molar-refractivity contribution in [1.82, 2.24) is 5.32 Å². The summed E-state index contributed by atoms with van der Waals surface area (Å²) < 4.78 is 0. The van der Waals surface area contributed by atoms with Gasteiger partial charge in [0.15, 0.2) is 0 Å². The summed E-state index contributed by atoms with van der Waals surface area (Å²) in [6.45, 7) is 0.909. The number of benzene rings is 1. The molecule has 4 aliphatic rings. The van der Waals surface area contributed by atoms with E-state index in [0.29, 0.717) is 11.6 Å². The van der Waals surface area contributed by atoms with Gasteiger partial charge in [0.2, 0.25) is 5.91 Å². The van der Waals surface area contributed by atoms with Crippen LogP contribution in [0.5, 0.6) is 0 Å². The van der Waals surface area contributed by atoms with Crippen LogP contribution in [0.2, 0.25) is 0 Å². The molecule has 3 nitrogen and oxygen atoms in total. The minimum absolute atomic E-state index is 0.351. The van der Waals surface area contributed by atoms with Crippen molar-refractivity contribution in [3.8, 4) is 0 Å². The van der Waals surface area contributed by atoms with Crippen molar-refractivity contribution in [1.29, 1.82) is 0 Å². The zero-order chi connectivity index (χ0) is 14.4. The van der Waals surface area contributed by atoms with Crippen LogP contribution in [-0.2, 0) is 6.54 Å². The van der Waals surface area contributed by atoms with E-state index >= 15 is 0 Å². The molecule has 21 heavy (non-hydrogen) atoms. The van der Waals surface area contributed by atoms with E-state index in [4.69, 9.17) is 5.73 Å². The number of hydrogen-bond donors (Lipinski definition) is 2. The topological polar surface area (TPSA) is 55.1 Å². The highest BCUT2D eigenvalue weighted by Gasteiger charge is 2.47. The van der Waals surface area contributed by atoms with Gasteiger partial charge in [-0.3, -0.25) is 4.79 Å². The molecule has 4 fully saturated rings. The van der Waals surface area contributed by atoms with Gasteiger partial charge in [0, 0.05) is 18.2 Å². The molecule has 3 N–H and O–H groups in total. The van der Waals surface area contributed by atoms with Gasteiger partial charge in [0.1, 0.15) is 0 Å². The number of carbonyl (C=O) groups is 1. The third kappa shape index (κ3) is 2.48. The Morgan fingerprint density at radius 1 is 1.00 bits per heavy atom. The minimum Gasteiger partial charge on any atom is -0.366 e. The highest BCUT2D eigenvalue weighted by atomic mass is 16.1. The van der Waals surface area contributed by atoms with E-state index in [0.717, 1.165) is 30.2 Å². The lowest BCUT2D eigenvalue weighted by Crippen LogP contribution is -2.54. The third-order valence-electron chi connectivity index (χ3n) is 6.01. The van der Waals surface area contributed by atoms with Crippen LogP contribution in [-0.4, -0.2) is 11.9 Å². The number of rotatable bonds is 4. The zero-order valence-corrected chi connectivity index (χ0v) is 12.4. The summed E-state index contributed by atoms with van der Waals surface area (Å²) in [5.74, 6) is 3.52. The molecule has 1 amide bonds. The molecule has 4 aliphatic carbocycles. The molecular weight excluding hydrogens is 260 g/mol. The van der Waals surface area contributed by atoms with E-state index in [1.165, 1.54) is 37.7 Å². The van der Waals surface area contributed by atoms with Gasteiger partial charge in [0.05, 0.1) is 0 Å². The molecule has 0 heterocycles. The summed E-state index contributed by atoms with van der Waals surface area (Å²) in [6.07, 6.45) is 7.31. The summed E-state index contributed by atoms with van der Waals surface area (Å²) >= 11 is 0. The molecule has 0 spiro atoms. The van der Waals surface area contributed by atoms with Gasteiger partial charge < -0.3 is 11.1 Å². The van der Waals surface area contributed by atoms with Crippen molar-refractivity contribution in [3.05, 3.63) is 35.4 Å². The van der Waals surface area contributed by atoms with Crippen LogP contribution in [0.15, 0.2) is 24.3 Å². The normalized spacial score (nSPS) is 36.9. The summed E-state index contributed by atoms with van der Waals surface area (Å²) in [6, 6.07) is 8.41. The van der Waals surface area contributed by atoms with Crippen molar-refractivity contribution in [3.63, 3.8) is 0 Å². The highest BCUT2D eigenvalue weighted by Crippen LogP contribution is 2.53. The second-order valence-corrected chi connectivity index (χ2v) is 7.40. The second-order valence-electron chi connectivity index (χ2n) is 7.40. The molecular formula is C18H24N2O. The molecule has 3 heteroatoms. The Bertz CT molecular complexity index is 509. The zero-order valence-electron chi connectivity index (χ0n) is 12.4. The molecule has 0 unspecified atom stereocenters. The lowest BCUT2D eigenvalue weighted by molar-refractivity contribution is -0.0142. The Morgan fingerprint density at radius 2 is 1.57 bits per heavy atom. The number of nitrogens with one attached hydrogen (secondary N) is 1. The van der Waals surface area contributed by atoms with Gasteiger partial charge >= 0.3 is 0 Å². The lowest BCUT2D eigenvalue weighted by Gasteiger charge is -2.54. The first kappa shape index (κ1) is 13.3. The van der Waals surface area contributed by atoms with Crippen molar-refractivity contribution < 1.29 is 4.79 Å². The molecule has 4 saturated carbocycles. The molecule has 5 rings (SSSR count). The maximum atomic E-state index is 11.1. The Balaban J connectivity index is 1.39. The Kier molecular flexibility index (Phi) is 3.26. The van der Waals surface area contributed by atoms with Crippen molar-refractivity contribution >= 4 is 5.91 Å². The fourth-order valence-corrected chi connectivity index (χ4v) is 5.28. The van der Waals surface area contributed by atoms with Crippen LogP contribution < -0.4 is 11.1 Å². The van der Waals surface area contributed by atoms with Crippen LogP contribution in [0.3, 0.4) is 0 Å². The van der Waals surface area contributed by atoms with Gasteiger partial charge in [-0.15, -0.1) is 0 Å². The monoisotopic (exact) mass is 284 g/mol. The van der Waals surface area contributed by atoms with E-state index < -0.39 is 0 Å². The van der Waals surface area contributed by atoms with E-state index in [2.05, 4.69) is 5.32 Å². The first-order valence-electron chi connectivity index (χ1n) is 8.31. The number of amides is 1. The van der Waals surface area contributed by atoms with Crippen LogP contribution in [0, 0.1) is 23.7 Å². The summed E-state index contributed by atoms with van der Waals surface area (Å²) in [5, 5.41) is 3.81. The minimum atomic E-state index is -0.351. The average Bonchev–Trinajstić information content (AvgIpc) is 2.46. The van der Waals surface area contributed by atoms with Gasteiger partial charge in [0.25, 0.3) is 0 Å². The SMILES string of the molecule is NC(=O)c1ccc(CNC2C3CC4CC(C3)CC2C4)cc1. The van der Waals surface area contributed by atoms with Crippen molar-refractivity contribution in [2.45, 2.75) is 44.7 Å². The van der Waals surface area contributed by atoms with Crippen LogP contribution in [0.1, 0.15) is 48.0 Å². The molecule has 1 aromatic carbocycles. The molecule has 0 radical (unpaired) electrons. The maximum absolute atomic E-state index is 11.1. The first-order chi connectivity index (χ1) is 10.2. The smallest absolute Gasteiger partial charge is 0.248 e. The molecule has 0 atom stereocenters. The van der Waals surface area contributed by atoms with Gasteiger partial charge in [-0.25, -0.2) is 0 Å². The third-order valence-corrected chi connectivity index (χ3v) is 6.01. The Labute approximate surface area is 126 Å². The van der Waals surface area contributed by atoms with Crippen molar-refractivity contribution in [2.75, 3.05) is 0 Å². The maximum Gasteiger partial charge on any atom is 0.248 e. The van der Waals surface area contributed by atoms with Gasteiger partial charge in [-0.2, -0.15) is 0 Å². The van der Waals surface area contributed by atoms with Crippen molar-refractivity contribution in [2.24, 2.45) is 29.4 Å².